The molecule has 0 radical (unpaired) electrons. The van der Waals surface area contributed by atoms with Crippen LogP contribution in [0.4, 0.5) is 0 Å². The van der Waals surface area contributed by atoms with Crippen molar-refractivity contribution in [1.29, 1.82) is 0 Å². The lowest BCUT2D eigenvalue weighted by Gasteiger charge is -2.28. The van der Waals surface area contributed by atoms with E-state index in [1.54, 1.807) is 11.3 Å². The first kappa shape index (κ1) is 12.5. The minimum absolute atomic E-state index is 0.996. The normalized spacial score (nSPS) is 19.6. The first-order valence-electron chi connectivity index (χ1n) is 7.93. The van der Waals surface area contributed by atoms with E-state index in [1.165, 1.54) is 54.4 Å². The second-order valence-electron chi connectivity index (χ2n) is 6.89. The van der Waals surface area contributed by atoms with E-state index in [0.29, 0.717) is 0 Å². The Morgan fingerprint density at radius 3 is 2.75 bits per heavy atom. The zero-order valence-corrected chi connectivity index (χ0v) is 12.9. The molecule has 1 aromatic heterocycles. The second-order valence-corrected chi connectivity index (χ2v) is 6.89. The molecule has 1 aromatic carbocycles. The van der Waals surface area contributed by atoms with Crippen molar-refractivity contribution in [2.24, 2.45) is 13.0 Å². The Kier molecular flexibility index (Phi) is 2.71. The molecule has 0 atom stereocenters. The lowest BCUT2D eigenvalue weighted by Crippen LogP contribution is -2.32. The van der Waals surface area contributed by atoms with Crippen molar-refractivity contribution in [1.82, 2.24) is 9.47 Å². The Labute approximate surface area is 121 Å². The highest BCUT2D eigenvalue weighted by atomic mass is 15.2. The molecule has 0 saturated heterocycles. The first-order valence-corrected chi connectivity index (χ1v) is 7.93. The topological polar surface area (TPSA) is 8.17 Å². The average Bonchev–Trinajstić information content (AvgIpc) is 3.17. The smallest absolute Gasteiger partial charge is 0.0488 e. The molecule has 1 fully saturated rings. The Hall–Kier alpha value is -1.28. The maximum atomic E-state index is 2.67. The van der Waals surface area contributed by atoms with Crippen molar-refractivity contribution in [2.75, 3.05) is 13.1 Å². The van der Waals surface area contributed by atoms with E-state index in [9.17, 15) is 0 Å². The van der Waals surface area contributed by atoms with Crippen LogP contribution in [-0.2, 0) is 20.0 Å². The number of benzene rings is 1. The summed E-state index contributed by atoms with van der Waals surface area (Å²) in [5.74, 6) is 0.996. The van der Waals surface area contributed by atoms with Crippen molar-refractivity contribution in [3.63, 3.8) is 0 Å². The van der Waals surface area contributed by atoms with Crippen LogP contribution in [0.15, 0.2) is 12.1 Å². The highest BCUT2D eigenvalue weighted by molar-refractivity contribution is 5.89. The average molecular weight is 268 g/mol. The van der Waals surface area contributed by atoms with Gasteiger partial charge in [0, 0.05) is 43.3 Å². The third-order valence-corrected chi connectivity index (χ3v) is 5.14. The molecule has 2 heteroatoms. The van der Waals surface area contributed by atoms with E-state index in [2.05, 4.69) is 42.5 Å². The second kappa shape index (κ2) is 4.36. The van der Waals surface area contributed by atoms with Crippen LogP contribution in [0.3, 0.4) is 0 Å². The lowest BCUT2D eigenvalue weighted by molar-refractivity contribution is 0.238. The molecule has 0 amide bonds. The number of hydrogen-bond acceptors (Lipinski definition) is 1. The van der Waals surface area contributed by atoms with Gasteiger partial charge in [-0.15, -0.1) is 0 Å². The van der Waals surface area contributed by atoms with Crippen molar-refractivity contribution < 1.29 is 0 Å². The summed E-state index contributed by atoms with van der Waals surface area (Å²) in [4.78, 5) is 2.67. The number of nitrogens with zero attached hydrogens (tertiary/aromatic N) is 2. The van der Waals surface area contributed by atoms with Gasteiger partial charge in [0.1, 0.15) is 0 Å². The molecule has 106 valence electrons. The van der Waals surface area contributed by atoms with Gasteiger partial charge in [-0.2, -0.15) is 0 Å². The molecule has 20 heavy (non-hydrogen) atoms. The summed E-state index contributed by atoms with van der Waals surface area (Å²) in [7, 11) is 2.25. The van der Waals surface area contributed by atoms with E-state index < -0.39 is 0 Å². The SMILES string of the molecule is Cc1cc(C)c2c3c(n(C)c2c1)CN(CC1CC1)CC3. The molecule has 2 heterocycles. The van der Waals surface area contributed by atoms with Gasteiger partial charge in [-0.3, -0.25) is 4.90 Å². The van der Waals surface area contributed by atoms with Gasteiger partial charge in [0.05, 0.1) is 0 Å². The van der Waals surface area contributed by atoms with Crippen LogP contribution in [0.2, 0.25) is 0 Å². The predicted molar refractivity (Wildman–Crippen MR) is 84.1 cm³/mol. The van der Waals surface area contributed by atoms with Crippen LogP contribution in [0.1, 0.15) is 35.2 Å². The summed E-state index contributed by atoms with van der Waals surface area (Å²) in [5.41, 5.74) is 7.43. The van der Waals surface area contributed by atoms with Crippen molar-refractivity contribution in [3.05, 3.63) is 34.5 Å². The highest BCUT2D eigenvalue weighted by Gasteiger charge is 2.28. The zero-order valence-electron chi connectivity index (χ0n) is 12.9. The van der Waals surface area contributed by atoms with Crippen molar-refractivity contribution in [2.45, 2.75) is 39.7 Å². The largest absolute Gasteiger partial charge is 0.346 e. The van der Waals surface area contributed by atoms with Gasteiger partial charge in [0.15, 0.2) is 0 Å². The van der Waals surface area contributed by atoms with Crippen LogP contribution >= 0.6 is 0 Å². The molecule has 2 aromatic rings. The fourth-order valence-corrected chi connectivity index (χ4v) is 3.95. The molecule has 4 rings (SSSR count). The van der Waals surface area contributed by atoms with E-state index in [4.69, 9.17) is 0 Å². The molecule has 0 spiro atoms. The van der Waals surface area contributed by atoms with Crippen LogP contribution < -0.4 is 0 Å². The van der Waals surface area contributed by atoms with Crippen LogP contribution in [0, 0.1) is 19.8 Å². The minimum atomic E-state index is 0.996. The quantitative estimate of drug-likeness (QED) is 0.808. The van der Waals surface area contributed by atoms with Gasteiger partial charge in [0.25, 0.3) is 0 Å². The Morgan fingerprint density at radius 2 is 2.00 bits per heavy atom. The van der Waals surface area contributed by atoms with E-state index in [0.717, 1.165) is 12.5 Å². The summed E-state index contributed by atoms with van der Waals surface area (Å²) in [5, 5.41) is 1.53. The van der Waals surface area contributed by atoms with E-state index >= 15 is 0 Å². The number of rotatable bonds is 2. The number of hydrogen-bond donors (Lipinski definition) is 0. The van der Waals surface area contributed by atoms with Crippen molar-refractivity contribution in [3.8, 4) is 0 Å². The van der Waals surface area contributed by atoms with Crippen LogP contribution in [0.25, 0.3) is 10.9 Å². The summed E-state index contributed by atoms with van der Waals surface area (Å²) < 4.78 is 2.45. The summed E-state index contributed by atoms with van der Waals surface area (Å²) >= 11 is 0. The molecule has 1 aliphatic heterocycles. The summed E-state index contributed by atoms with van der Waals surface area (Å²) in [6, 6.07) is 4.69. The number of fused-ring (bicyclic) bond motifs is 3. The van der Waals surface area contributed by atoms with Gasteiger partial charge in [-0.25, -0.2) is 0 Å². The zero-order chi connectivity index (χ0) is 13.9. The van der Waals surface area contributed by atoms with Crippen LogP contribution in [0.5, 0.6) is 0 Å². The minimum Gasteiger partial charge on any atom is -0.346 e. The molecule has 2 nitrogen and oxygen atoms in total. The van der Waals surface area contributed by atoms with Gasteiger partial charge in [-0.05, 0) is 61.8 Å². The highest BCUT2D eigenvalue weighted by Crippen LogP contribution is 2.35. The van der Waals surface area contributed by atoms with Crippen LogP contribution in [-0.4, -0.2) is 22.6 Å². The fraction of sp³-hybridized carbons (Fsp3) is 0.556. The molecule has 0 unspecified atom stereocenters. The van der Waals surface area contributed by atoms with Gasteiger partial charge >= 0.3 is 0 Å². The van der Waals surface area contributed by atoms with Gasteiger partial charge in [0.2, 0.25) is 0 Å². The summed E-state index contributed by atoms with van der Waals surface area (Å²) in [6.45, 7) is 8.19. The third-order valence-electron chi connectivity index (χ3n) is 5.14. The molecule has 1 aliphatic carbocycles. The first-order chi connectivity index (χ1) is 9.63. The lowest BCUT2D eigenvalue weighted by atomic mass is 9.99. The monoisotopic (exact) mass is 268 g/mol. The third kappa shape index (κ3) is 1.89. The molecule has 2 aliphatic rings. The van der Waals surface area contributed by atoms with Gasteiger partial charge < -0.3 is 4.57 Å². The number of aryl methyl sites for hydroxylation is 3. The standard InChI is InChI=1S/C18H24N2/c1-12-8-13(2)18-15-6-7-20(10-14-4-5-14)11-17(15)19(3)16(18)9-12/h8-9,14H,4-7,10-11H2,1-3H3. The Balaban J connectivity index is 1.80. The molecular formula is C18H24N2. The number of aromatic nitrogens is 1. The molecule has 1 saturated carbocycles. The van der Waals surface area contributed by atoms with Gasteiger partial charge in [-0.1, -0.05) is 6.07 Å². The molecule has 0 N–H and O–H groups in total. The maximum Gasteiger partial charge on any atom is 0.0488 e. The Bertz CT molecular complexity index is 677. The fourth-order valence-electron chi connectivity index (χ4n) is 3.95. The van der Waals surface area contributed by atoms with E-state index in [-0.39, 0.29) is 0 Å². The molecular weight excluding hydrogens is 244 g/mol. The Morgan fingerprint density at radius 1 is 1.20 bits per heavy atom. The maximum absolute atomic E-state index is 2.67. The summed E-state index contributed by atoms with van der Waals surface area (Å²) in [6.07, 6.45) is 4.14. The predicted octanol–water partition coefficient (Wildman–Crippen LogP) is 3.56. The van der Waals surface area contributed by atoms with Crippen molar-refractivity contribution >= 4 is 10.9 Å². The molecule has 0 bridgehead atoms. The van der Waals surface area contributed by atoms with E-state index in [1.807, 2.05) is 0 Å².